The van der Waals surface area contributed by atoms with E-state index in [1.165, 1.54) is 44.9 Å². The Kier molecular flexibility index (Phi) is 13.1. The van der Waals surface area contributed by atoms with Crippen LogP contribution in [0.1, 0.15) is 84.5 Å². The number of carboxylic acids is 1. The number of rotatable bonds is 13. The first-order valence-corrected chi connectivity index (χ1v) is 7.99. The Hall–Kier alpha value is -0.790. The van der Waals surface area contributed by atoms with Crippen molar-refractivity contribution in [1.82, 2.24) is 0 Å². The Bertz CT molecular complexity index is 231. The smallest absolute Gasteiger partial charge is 0.303 e. The van der Waals surface area contributed by atoms with E-state index in [2.05, 4.69) is 26.0 Å². The van der Waals surface area contributed by atoms with E-state index in [0.29, 0.717) is 6.42 Å². The number of aliphatic carboxylic acids is 1. The van der Waals surface area contributed by atoms with Gasteiger partial charge >= 0.3 is 5.97 Å². The summed E-state index contributed by atoms with van der Waals surface area (Å²) in [5, 5.41) is 8.49. The molecule has 0 heterocycles. The lowest BCUT2D eigenvalue weighted by molar-refractivity contribution is -0.137. The average molecular weight is 268 g/mol. The zero-order valence-corrected chi connectivity index (χ0v) is 12.9. The molecule has 0 rings (SSSR count). The third kappa shape index (κ3) is 17.2. The SMILES string of the molecule is CC(C)CCCCCCC/C=C/CCCCC(=O)O. The summed E-state index contributed by atoms with van der Waals surface area (Å²) in [6.45, 7) is 4.59. The standard InChI is InChI=1S/C17H32O2/c1-16(2)14-12-10-8-6-4-3-5-7-9-11-13-15-17(18)19/h5,7,16H,3-4,6,8-15H2,1-2H3,(H,18,19)/b7-5+. The van der Waals surface area contributed by atoms with E-state index < -0.39 is 5.97 Å². The van der Waals surface area contributed by atoms with Gasteiger partial charge in [0.1, 0.15) is 0 Å². The zero-order valence-electron chi connectivity index (χ0n) is 12.9. The summed E-state index contributed by atoms with van der Waals surface area (Å²) in [6.07, 6.45) is 17.0. The molecule has 0 bridgehead atoms. The molecule has 0 aromatic heterocycles. The molecular formula is C17H32O2. The summed E-state index contributed by atoms with van der Waals surface area (Å²) in [7, 11) is 0. The molecule has 0 saturated heterocycles. The molecule has 0 fully saturated rings. The number of carboxylic acid groups (broad SMARTS) is 1. The number of allylic oxidation sites excluding steroid dienone is 2. The van der Waals surface area contributed by atoms with Crippen molar-refractivity contribution in [1.29, 1.82) is 0 Å². The molecule has 0 amide bonds. The molecule has 0 aromatic rings. The molecule has 0 saturated carbocycles. The van der Waals surface area contributed by atoms with Crippen LogP contribution in [0.4, 0.5) is 0 Å². The minimum absolute atomic E-state index is 0.310. The molecule has 0 spiro atoms. The number of hydrogen-bond donors (Lipinski definition) is 1. The van der Waals surface area contributed by atoms with Crippen molar-refractivity contribution in [2.24, 2.45) is 5.92 Å². The van der Waals surface area contributed by atoms with Gasteiger partial charge in [-0.1, -0.05) is 58.1 Å². The van der Waals surface area contributed by atoms with E-state index in [9.17, 15) is 4.79 Å². The molecule has 2 nitrogen and oxygen atoms in total. The highest BCUT2D eigenvalue weighted by Crippen LogP contribution is 2.11. The Morgan fingerprint density at radius 2 is 1.42 bits per heavy atom. The van der Waals surface area contributed by atoms with Crippen molar-refractivity contribution in [3.8, 4) is 0 Å². The van der Waals surface area contributed by atoms with Crippen LogP contribution in [0.3, 0.4) is 0 Å². The lowest BCUT2D eigenvalue weighted by Gasteiger charge is -2.03. The van der Waals surface area contributed by atoms with Crippen molar-refractivity contribution >= 4 is 5.97 Å². The summed E-state index contributed by atoms with van der Waals surface area (Å²) < 4.78 is 0. The largest absolute Gasteiger partial charge is 0.481 e. The van der Waals surface area contributed by atoms with Crippen LogP contribution in [-0.2, 0) is 4.79 Å². The quantitative estimate of drug-likeness (QED) is 0.350. The van der Waals surface area contributed by atoms with Crippen LogP contribution >= 0.6 is 0 Å². The molecule has 1 N–H and O–H groups in total. The molecule has 0 aromatic carbocycles. The highest BCUT2D eigenvalue weighted by Gasteiger charge is 1.95. The van der Waals surface area contributed by atoms with Gasteiger partial charge in [0.25, 0.3) is 0 Å². The van der Waals surface area contributed by atoms with Gasteiger partial charge < -0.3 is 5.11 Å². The Morgan fingerprint density at radius 1 is 0.895 bits per heavy atom. The summed E-state index contributed by atoms with van der Waals surface area (Å²) in [5.74, 6) is 0.172. The highest BCUT2D eigenvalue weighted by molar-refractivity contribution is 5.66. The fraction of sp³-hybridized carbons (Fsp3) is 0.824. The van der Waals surface area contributed by atoms with Gasteiger partial charge in [0.2, 0.25) is 0 Å². The van der Waals surface area contributed by atoms with Gasteiger partial charge in [-0.25, -0.2) is 0 Å². The minimum Gasteiger partial charge on any atom is -0.481 e. The molecule has 0 atom stereocenters. The van der Waals surface area contributed by atoms with Gasteiger partial charge in [0.15, 0.2) is 0 Å². The van der Waals surface area contributed by atoms with Crippen LogP contribution in [0, 0.1) is 5.92 Å². The third-order valence-electron chi connectivity index (χ3n) is 3.33. The predicted octanol–water partition coefficient (Wildman–Crippen LogP) is 5.57. The lowest BCUT2D eigenvalue weighted by atomic mass is 10.0. The molecule has 0 aliphatic heterocycles. The summed E-state index contributed by atoms with van der Waals surface area (Å²) in [5.41, 5.74) is 0. The first-order chi connectivity index (χ1) is 9.13. The van der Waals surface area contributed by atoms with Crippen LogP contribution in [0.15, 0.2) is 12.2 Å². The van der Waals surface area contributed by atoms with E-state index in [0.717, 1.165) is 25.2 Å². The molecule has 19 heavy (non-hydrogen) atoms. The summed E-state index contributed by atoms with van der Waals surface area (Å²) >= 11 is 0. The van der Waals surface area contributed by atoms with Crippen molar-refractivity contribution in [2.45, 2.75) is 84.5 Å². The number of carbonyl (C=O) groups is 1. The van der Waals surface area contributed by atoms with E-state index in [-0.39, 0.29) is 0 Å². The fourth-order valence-corrected chi connectivity index (χ4v) is 2.12. The molecule has 112 valence electrons. The fourth-order valence-electron chi connectivity index (χ4n) is 2.12. The van der Waals surface area contributed by atoms with Gasteiger partial charge in [0, 0.05) is 6.42 Å². The molecule has 0 aliphatic rings. The molecule has 0 radical (unpaired) electrons. The second-order valence-corrected chi connectivity index (χ2v) is 5.85. The summed E-state index contributed by atoms with van der Waals surface area (Å²) in [4.78, 5) is 10.3. The topological polar surface area (TPSA) is 37.3 Å². The number of unbranched alkanes of at least 4 members (excludes halogenated alkanes) is 7. The van der Waals surface area contributed by atoms with E-state index in [1.807, 2.05) is 0 Å². The normalized spacial score (nSPS) is 11.5. The maximum absolute atomic E-state index is 10.3. The average Bonchev–Trinajstić information content (AvgIpc) is 2.34. The lowest BCUT2D eigenvalue weighted by Crippen LogP contribution is -1.92. The second-order valence-electron chi connectivity index (χ2n) is 5.85. The zero-order chi connectivity index (χ0) is 14.3. The minimum atomic E-state index is -0.679. The first kappa shape index (κ1) is 18.2. The monoisotopic (exact) mass is 268 g/mol. The predicted molar refractivity (Wildman–Crippen MR) is 82.4 cm³/mol. The maximum Gasteiger partial charge on any atom is 0.303 e. The van der Waals surface area contributed by atoms with Gasteiger partial charge in [-0.05, 0) is 38.0 Å². The molecule has 2 heteroatoms. The Morgan fingerprint density at radius 3 is 2.00 bits per heavy atom. The Labute approximate surface area is 119 Å². The number of hydrogen-bond acceptors (Lipinski definition) is 1. The van der Waals surface area contributed by atoms with Crippen LogP contribution in [0.5, 0.6) is 0 Å². The van der Waals surface area contributed by atoms with Crippen LogP contribution in [0.2, 0.25) is 0 Å². The van der Waals surface area contributed by atoms with Crippen molar-refractivity contribution in [3.05, 3.63) is 12.2 Å². The second kappa shape index (κ2) is 13.6. The first-order valence-electron chi connectivity index (χ1n) is 7.99. The van der Waals surface area contributed by atoms with Crippen molar-refractivity contribution in [3.63, 3.8) is 0 Å². The third-order valence-corrected chi connectivity index (χ3v) is 3.33. The van der Waals surface area contributed by atoms with Crippen LogP contribution in [0.25, 0.3) is 0 Å². The summed E-state index contributed by atoms with van der Waals surface area (Å²) in [6, 6.07) is 0. The molecular weight excluding hydrogens is 236 g/mol. The van der Waals surface area contributed by atoms with Crippen LogP contribution in [-0.4, -0.2) is 11.1 Å². The van der Waals surface area contributed by atoms with Gasteiger partial charge in [-0.15, -0.1) is 0 Å². The van der Waals surface area contributed by atoms with Crippen LogP contribution < -0.4 is 0 Å². The molecule has 0 unspecified atom stereocenters. The van der Waals surface area contributed by atoms with Gasteiger partial charge in [-0.2, -0.15) is 0 Å². The maximum atomic E-state index is 10.3. The van der Waals surface area contributed by atoms with Crippen molar-refractivity contribution < 1.29 is 9.90 Å². The Balaban J connectivity index is 3.10. The van der Waals surface area contributed by atoms with Gasteiger partial charge in [0.05, 0.1) is 0 Å². The molecule has 0 aliphatic carbocycles. The van der Waals surface area contributed by atoms with Gasteiger partial charge in [-0.3, -0.25) is 4.79 Å². The van der Waals surface area contributed by atoms with Crippen molar-refractivity contribution in [2.75, 3.05) is 0 Å². The van der Waals surface area contributed by atoms with E-state index >= 15 is 0 Å². The highest BCUT2D eigenvalue weighted by atomic mass is 16.4. The van der Waals surface area contributed by atoms with E-state index in [4.69, 9.17) is 5.11 Å². The van der Waals surface area contributed by atoms with E-state index in [1.54, 1.807) is 0 Å².